The molecule has 98 valence electrons. The lowest BCUT2D eigenvalue weighted by Gasteiger charge is -2.30. The second kappa shape index (κ2) is 5.26. The van der Waals surface area contributed by atoms with Crippen LogP contribution in [0.1, 0.15) is 24.0 Å². The molecule has 1 atom stereocenters. The highest BCUT2D eigenvalue weighted by atomic mass is 16.5. The van der Waals surface area contributed by atoms with Crippen molar-refractivity contribution in [3.63, 3.8) is 0 Å². The van der Waals surface area contributed by atoms with Crippen LogP contribution >= 0.6 is 0 Å². The first-order chi connectivity index (χ1) is 9.36. The third kappa shape index (κ3) is 2.52. The Morgan fingerprint density at radius 3 is 3.05 bits per heavy atom. The Balaban J connectivity index is 1.60. The Labute approximate surface area is 112 Å². The molecule has 0 radical (unpaired) electrons. The summed E-state index contributed by atoms with van der Waals surface area (Å²) in [5.41, 5.74) is 2.92. The molecule has 0 saturated heterocycles. The van der Waals surface area contributed by atoms with E-state index in [9.17, 15) is 0 Å². The molecule has 1 aromatic heterocycles. The van der Waals surface area contributed by atoms with E-state index in [1.54, 1.807) is 0 Å². The molecular formula is C15H17N3O. The summed E-state index contributed by atoms with van der Waals surface area (Å²) < 4.78 is 5.36. The van der Waals surface area contributed by atoms with Gasteiger partial charge in [0.1, 0.15) is 12.1 Å². The lowest BCUT2D eigenvalue weighted by atomic mass is 9.78. The van der Waals surface area contributed by atoms with Gasteiger partial charge in [-0.3, -0.25) is 0 Å². The number of aromatic nitrogens is 2. The summed E-state index contributed by atoms with van der Waals surface area (Å²) in [6.45, 7) is 3.46. The van der Waals surface area contributed by atoms with Gasteiger partial charge in [0.2, 0.25) is 5.88 Å². The maximum Gasteiger partial charge on any atom is 0.218 e. The number of rotatable bonds is 5. The van der Waals surface area contributed by atoms with Crippen molar-refractivity contribution in [1.82, 2.24) is 9.97 Å². The molecule has 19 heavy (non-hydrogen) atoms. The van der Waals surface area contributed by atoms with Crippen molar-refractivity contribution in [2.75, 3.05) is 18.5 Å². The second-order valence-corrected chi connectivity index (χ2v) is 4.66. The minimum absolute atomic E-state index is 0.585. The van der Waals surface area contributed by atoms with Crippen molar-refractivity contribution in [3.8, 4) is 5.88 Å². The average molecular weight is 255 g/mol. The number of fused-ring (bicyclic) bond motifs is 1. The summed E-state index contributed by atoms with van der Waals surface area (Å²) in [6, 6.07) is 10.4. The van der Waals surface area contributed by atoms with Gasteiger partial charge in [-0.1, -0.05) is 24.3 Å². The van der Waals surface area contributed by atoms with Crippen LogP contribution in [0.4, 0.5) is 5.82 Å². The van der Waals surface area contributed by atoms with Gasteiger partial charge in [0, 0.05) is 18.5 Å². The number of nitrogens with zero attached hydrogens (tertiary/aromatic N) is 2. The van der Waals surface area contributed by atoms with E-state index in [0.717, 1.165) is 18.8 Å². The van der Waals surface area contributed by atoms with Crippen molar-refractivity contribution in [1.29, 1.82) is 0 Å². The van der Waals surface area contributed by atoms with Crippen molar-refractivity contribution in [2.45, 2.75) is 19.3 Å². The molecule has 3 rings (SSSR count). The van der Waals surface area contributed by atoms with E-state index in [2.05, 4.69) is 39.6 Å². The standard InChI is InChI=1S/C15H17N3O/c1-2-19-15-8-14(17-10-18-15)16-9-12-7-11-5-3-4-6-13(11)12/h3-6,8,10,12H,2,7,9H2,1H3,(H,16,17,18). The maximum atomic E-state index is 5.36. The molecule has 1 unspecified atom stereocenters. The molecule has 1 heterocycles. The van der Waals surface area contributed by atoms with Crippen LogP contribution in [0.25, 0.3) is 0 Å². The second-order valence-electron chi connectivity index (χ2n) is 4.66. The molecule has 1 N–H and O–H groups in total. The number of benzene rings is 1. The topological polar surface area (TPSA) is 47.0 Å². The summed E-state index contributed by atoms with van der Waals surface area (Å²) in [5, 5.41) is 3.36. The van der Waals surface area contributed by atoms with Gasteiger partial charge in [-0.05, 0) is 24.5 Å². The van der Waals surface area contributed by atoms with Gasteiger partial charge in [-0.15, -0.1) is 0 Å². The predicted octanol–water partition coefficient (Wildman–Crippen LogP) is 2.63. The van der Waals surface area contributed by atoms with E-state index < -0.39 is 0 Å². The third-order valence-electron chi connectivity index (χ3n) is 3.43. The summed E-state index contributed by atoms with van der Waals surface area (Å²) in [4.78, 5) is 8.26. The Hall–Kier alpha value is -2.10. The molecule has 1 aromatic carbocycles. The first-order valence-corrected chi connectivity index (χ1v) is 6.63. The molecule has 0 saturated carbocycles. The lowest BCUT2D eigenvalue weighted by molar-refractivity contribution is 0.326. The third-order valence-corrected chi connectivity index (χ3v) is 3.43. The molecule has 1 aliphatic carbocycles. The maximum absolute atomic E-state index is 5.36. The van der Waals surface area contributed by atoms with Crippen LogP contribution in [0.5, 0.6) is 5.88 Å². The van der Waals surface area contributed by atoms with Gasteiger partial charge in [-0.2, -0.15) is 0 Å². The Morgan fingerprint density at radius 1 is 1.32 bits per heavy atom. The molecule has 2 aromatic rings. The fraction of sp³-hybridized carbons (Fsp3) is 0.333. The minimum Gasteiger partial charge on any atom is -0.478 e. The van der Waals surface area contributed by atoms with E-state index in [-0.39, 0.29) is 0 Å². The van der Waals surface area contributed by atoms with Crippen molar-refractivity contribution >= 4 is 5.82 Å². The average Bonchev–Trinajstić information content (AvgIpc) is 2.41. The first kappa shape index (κ1) is 12.0. The molecule has 4 heteroatoms. The van der Waals surface area contributed by atoms with Gasteiger partial charge in [-0.25, -0.2) is 9.97 Å². The summed E-state index contributed by atoms with van der Waals surface area (Å²) in [7, 11) is 0. The number of ether oxygens (including phenoxy) is 1. The van der Waals surface area contributed by atoms with Crippen LogP contribution < -0.4 is 10.1 Å². The van der Waals surface area contributed by atoms with Gasteiger partial charge in [0.25, 0.3) is 0 Å². The summed E-state index contributed by atoms with van der Waals surface area (Å²) in [6.07, 6.45) is 2.68. The number of nitrogens with one attached hydrogen (secondary N) is 1. The number of hydrogen-bond donors (Lipinski definition) is 1. The Kier molecular flexibility index (Phi) is 3.31. The highest BCUT2D eigenvalue weighted by molar-refractivity contribution is 5.43. The van der Waals surface area contributed by atoms with Crippen molar-refractivity contribution in [2.24, 2.45) is 0 Å². The van der Waals surface area contributed by atoms with Gasteiger partial charge < -0.3 is 10.1 Å². The number of anilines is 1. The fourth-order valence-electron chi connectivity index (χ4n) is 2.44. The van der Waals surface area contributed by atoms with Crippen LogP contribution in [0, 0.1) is 0 Å². The van der Waals surface area contributed by atoms with Crippen LogP contribution in [-0.4, -0.2) is 23.1 Å². The first-order valence-electron chi connectivity index (χ1n) is 6.63. The van der Waals surface area contributed by atoms with Crippen LogP contribution in [-0.2, 0) is 6.42 Å². The molecule has 0 spiro atoms. The molecule has 0 amide bonds. The van der Waals surface area contributed by atoms with E-state index in [4.69, 9.17) is 4.74 Å². The molecule has 0 fully saturated rings. The SMILES string of the molecule is CCOc1cc(NCC2Cc3ccccc32)ncn1. The highest BCUT2D eigenvalue weighted by Crippen LogP contribution is 2.34. The lowest BCUT2D eigenvalue weighted by Crippen LogP contribution is -2.24. The van der Waals surface area contributed by atoms with Gasteiger partial charge >= 0.3 is 0 Å². The molecule has 0 bridgehead atoms. The minimum atomic E-state index is 0.585. The summed E-state index contributed by atoms with van der Waals surface area (Å²) in [5.74, 6) is 2.03. The monoisotopic (exact) mass is 255 g/mol. The van der Waals surface area contributed by atoms with E-state index in [0.29, 0.717) is 18.4 Å². The smallest absolute Gasteiger partial charge is 0.218 e. The zero-order valence-electron chi connectivity index (χ0n) is 11.0. The predicted molar refractivity (Wildman–Crippen MR) is 74.6 cm³/mol. The normalized spacial score (nSPS) is 16.4. The van der Waals surface area contributed by atoms with E-state index >= 15 is 0 Å². The van der Waals surface area contributed by atoms with Crippen molar-refractivity contribution < 1.29 is 4.74 Å². The molecule has 0 aliphatic heterocycles. The van der Waals surface area contributed by atoms with E-state index in [1.165, 1.54) is 17.5 Å². The van der Waals surface area contributed by atoms with Crippen LogP contribution in [0.3, 0.4) is 0 Å². The molecular weight excluding hydrogens is 238 g/mol. The zero-order chi connectivity index (χ0) is 13.1. The Morgan fingerprint density at radius 2 is 2.21 bits per heavy atom. The summed E-state index contributed by atoms with van der Waals surface area (Å²) >= 11 is 0. The Bertz CT molecular complexity index is 571. The largest absolute Gasteiger partial charge is 0.478 e. The van der Waals surface area contributed by atoms with Gasteiger partial charge in [0.05, 0.1) is 6.61 Å². The van der Waals surface area contributed by atoms with E-state index in [1.807, 2.05) is 13.0 Å². The molecule has 1 aliphatic rings. The quantitative estimate of drug-likeness (QED) is 0.892. The van der Waals surface area contributed by atoms with Gasteiger partial charge in [0.15, 0.2) is 0 Å². The molecule has 4 nitrogen and oxygen atoms in total. The van der Waals surface area contributed by atoms with Crippen molar-refractivity contribution in [3.05, 3.63) is 47.8 Å². The van der Waals surface area contributed by atoms with Crippen LogP contribution in [0.15, 0.2) is 36.7 Å². The zero-order valence-corrected chi connectivity index (χ0v) is 11.0. The fourth-order valence-corrected chi connectivity index (χ4v) is 2.44. The number of hydrogen-bond acceptors (Lipinski definition) is 4. The van der Waals surface area contributed by atoms with Crippen LogP contribution in [0.2, 0.25) is 0 Å². The highest BCUT2D eigenvalue weighted by Gasteiger charge is 2.24.